The van der Waals surface area contributed by atoms with Crippen molar-refractivity contribution in [2.75, 3.05) is 43.9 Å². The predicted molar refractivity (Wildman–Crippen MR) is 77.7 cm³/mol. The highest BCUT2D eigenvalue weighted by Crippen LogP contribution is 2.14. The van der Waals surface area contributed by atoms with Crippen molar-refractivity contribution in [3.8, 4) is 0 Å². The molecular formula is C13H19N5O3. The van der Waals surface area contributed by atoms with Crippen LogP contribution >= 0.6 is 0 Å². The summed E-state index contributed by atoms with van der Waals surface area (Å²) in [7, 11) is 0. The lowest BCUT2D eigenvalue weighted by Crippen LogP contribution is -2.41. The largest absolute Gasteiger partial charge is 0.397 e. The van der Waals surface area contributed by atoms with E-state index in [1.807, 2.05) is 0 Å². The van der Waals surface area contributed by atoms with Gasteiger partial charge in [-0.3, -0.25) is 9.59 Å². The van der Waals surface area contributed by atoms with Crippen molar-refractivity contribution < 1.29 is 14.3 Å². The topological polar surface area (TPSA) is 124 Å². The molecule has 1 aliphatic rings. The molecule has 0 atom stereocenters. The summed E-state index contributed by atoms with van der Waals surface area (Å²) in [5.41, 5.74) is 11.3. The Morgan fingerprint density at radius 2 is 2.10 bits per heavy atom. The summed E-state index contributed by atoms with van der Waals surface area (Å²) in [6.07, 6.45) is 1.71. The SMILES string of the molecule is NC(=O)c1cc(NCCC(=O)N2CCOCC2)ncc1N. The van der Waals surface area contributed by atoms with Crippen molar-refractivity contribution in [1.82, 2.24) is 9.88 Å². The van der Waals surface area contributed by atoms with Gasteiger partial charge in [0.05, 0.1) is 30.7 Å². The van der Waals surface area contributed by atoms with Crippen molar-refractivity contribution in [3.05, 3.63) is 17.8 Å². The fourth-order valence-corrected chi connectivity index (χ4v) is 2.04. The second-order valence-electron chi connectivity index (χ2n) is 4.69. The third-order valence-electron chi connectivity index (χ3n) is 3.21. The van der Waals surface area contributed by atoms with E-state index in [0.29, 0.717) is 45.1 Å². The lowest BCUT2D eigenvalue weighted by Gasteiger charge is -2.26. The molecule has 1 fully saturated rings. The molecule has 0 radical (unpaired) electrons. The number of hydrogen-bond acceptors (Lipinski definition) is 6. The molecule has 2 amide bonds. The highest BCUT2D eigenvalue weighted by Gasteiger charge is 2.16. The van der Waals surface area contributed by atoms with E-state index in [0.717, 1.165) is 0 Å². The molecule has 0 aromatic carbocycles. The van der Waals surface area contributed by atoms with Gasteiger partial charge in [-0.2, -0.15) is 0 Å². The van der Waals surface area contributed by atoms with Gasteiger partial charge in [0.2, 0.25) is 5.91 Å². The molecule has 1 aliphatic heterocycles. The second kappa shape index (κ2) is 6.89. The minimum Gasteiger partial charge on any atom is -0.397 e. The standard InChI is InChI=1S/C13H19N5O3/c14-10-8-17-11(7-9(10)13(15)20)16-2-1-12(19)18-3-5-21-6-4-18/h7-8H,1-6,14H2,(H2,15,20)(H,16,17). The number of nitrogens with two attached hydrogens (primary N) is 2. The number of anilines is 2. The normalized spacial score (nSPS) is 14.8. The Labute approximate surface area is 122 Å². The third kappa shape index (κ3) is 4.06. The number of morpholine rings is 1. The van der Waals surface area contributed by atoms with Gasteiger partial charge in [-0.25, -0.2) is 4.98 Å². The van der Waals surface area contributed by atoms with E-state index in [4.69, 9.17) is 16.2 Å². The van der Waals surface area contributed by atoms with Crippen LogP contribution in [0.5, 0.6) is 0 Å². The molecule has 1 aromatic rings. The molecule has 8 nitrogen and oxygen atoms in total. The van der Waals surface area contributed by atoms with E-state index in [1.165, 1.54) is 12.3 Å². The van der Waals surface area contributed by atoms with Gasteiger partial charge in [-0.15, -0.1) is 0 Å². The minimum absolute atomic E-state index is 0.0661. The van der Waals surface area contributed by atoms with Crippen LogP contribution in [0.4, 0.5) is 11.5 Å². The summed E-state index contributed by atoms with van der Waals surface area (Å²) >= 11 is 0. The van der Waals surface area contributed by atoms with Crippen LogP contribution in [0.25, 0.3) is 0 Å². The number of rotatable bonds is 5. The Morgan fingerprint density at radius 3 is 2.76 bits per heavy atom. The maximum absolute atomic E-state index is 11.9. The number of hydrogen-bond donors (Lipinski definition) is 3. The first-order valence-corrected chi connectivity index (χ1v) is 6.72. The number of nitrogens with one attached hydrogen (secondary N) is 1. The van der Waals surface area contributed by atoms with Crippen LogP contribution in [0.15, 0.2) is 12.3 Å². The minimum atomic E-state index is -0.609. The molecule has 0 spiro atoms. The molecule has 1 aromatic heterocycles. The van der Waals surface area contributed by atoms with Crippen LogP contribution in [0.2, 0.25) is 0 Å². The van der Waals surface area contributed by atoms with Gasteiger partial charge in [-0.05, 0) is 6.07 Å². The lowest BCUT2D eigenvalue weighted by atomic mass is 10.2. The first-order chi connectivity index (χ1) is 10.1. The predicted octanol–water partition coefficient (Wildman–Crippen LogP) is -0.576. The summed E-state index contributed by atoms with van der Waals surface area (Å²) in [6, 6.07) is 1.48. The smallest absolute Gasteiger partial charge is 0.250 e. The highest BCUT2D eigenvalue weighted by atomic mass is 16.5. The second-order valence-corrected chi connectivity index (χ2v) is 4.69. The van der Waals surface area contributed by atoms with Crippen molar-refractivity contribution >= 4 is 23.3 Å². The van der Waals surface area contributed by atoms with Gasteiger partial charge in [-0.1, -0.05) is 0 Å². The van der Waals surface area contributed by atoms with Gasteiger partial charge in [0, 0.05) is 26.1 Å². The first-order valence-electron chi connectivity index (χ1n) is 6.72. The molecule has 0 unspecified atom stereocenters. The van der Waals surface area contributed by atoms with E-state index in [9.17, 15) is 9.59 Å². The number of primary amides is 1. The molecular weight excluding hydrogens is 274 g/mol. The molecule has 21 heavy (non-hydrogen) atoms. The van der Waals surface area contributed by atoms with Gasteiger partial charge in [0.25, 0.3) is 5.91 Å². The fourth-order valence-electron chi connectivity index (χ4n) is 2.04. The Morgan fingerprint density at radius 1 is 1.38 bits per heavy atom. The van der Waals surface area contributed by atoms with E-state index >= 15 is 0 Å². The summed E-state index contributed by atoms with van der Waals surface area (Å²) in [5.74, 6) is -0.0773. The van der Waals surface area contributed by atoms with E-state index < -0.39 is 5.91 Å². The van der Waals surface area contributed by atoms with Gasteiger partial charge >= 0.3 is 0 Å². The number of aromatic nitrogens is 1. The number of nitrogen functional groups attached to an aromatic ring is 1. The lowest BCUT2D eigenvalue weighted by molar-refractivity contribution is -0.134. The van der Waals surface area contributed by atoms with Crippen molar-refractivity contribution in [1.29, 1.82) is 0 Å². The molecule has 8 heteroatoms. The maximum Gasteiger partial charge on any atom is 0.250 e. The van der Waals surface area contributed by atoms with Crippen LogP contribution in [-0.4, -0.2) is 54.5 Å². The maximum atomic E-state index is 11.9. The first kappa shape index (κ1) is 15.0. The molecule has 5 N–H and O–H groups in total. The fraction of sp³-hybridized carbons (Fsp3) is 0.462. The average Bonchev–Trinajstić information content (AvgIpc) is 2.49. The number of carbonyl (C=O) groups excluding carboxylic acids is 2. The molecule has 0 bridgehead atoms. The number of amides is 2. The molecule has 114 valence electrons. The number of carbonyl (C=O) groups is 2. The van der Waals surface area contributed by atoms with Crippen LogP contribution in [-0.2, 0) is 9.53 Å². The zero-order valence-electron chi connectivity index (χ0n) is 11.7. The van der Waals surface area contributed by atoms with Gasteiger partial charge in [0.15, 0.2) is 0 Å². The quantitative estimate of drug-likeness (QED) is 0.667. The van der Waals surface area contributed by atoms with Gasteiger partial charge in [0.1, 0.15) is 5.82 Å². The Hall–Kier alpha value is -2.35. The van der Waals surface area contributed by atoms with Crippen LogP contribution < -0.4 is 16.8 Å². The van der Waals surface area contributed by atoms with Crippen LogP contribution in [0.1, 0.15) is 16.8 Å². The number of pyridine rings is 1. The van der Waals surface area contributed by atoms with Gasteiger partial charge < -0.3 is 26.4 Å². The van der Waals surface area contributed by atoms with Crippen molar-refractivity contribution in [3.63, 3.8) is 0 Å². The number of nitrogens with zero attached hydrogens (tertiary/aromatic N) is 2. The average molecular weight is 293 g/mol. The van der Waals surface area contributed by atoms with E-state index in [2.05, 4.69) is 10.3 Å². The Balaban J connectivity index is 1.84. The van der Waals surface area contributed by atoms with Crippen LogP contribution in [0.3, 0.4) is 0 Å². The zero-order chi connectivity index (χ0) is 15.2. The summed E-state index contributed by atoms with van der Waals surface area (Å²) in [6.45, 7) is 2.85. The molecule has 0 aliphatic carbocycles. The van der Waals surface area contributed by atoms with Crippen molar-refractivity contribution in [2.24, 2.45) is 5.73 Å². The van der Waals surface area contributed by atoms with Crippen molar-refractivity contribution in [2.45, 2.75) is 6.42 Å². The summed E-state index contributed by atoms with van der Waals surface area (Å²) in [5, 5.41) is 2.98. The van der Waals surface area contributed by atoms with E-state index in [-0.39, 0.29) is 17.2 Å². The summed E-state index contributed by atoms with van der Waals surface area (Å²) in [4.78, 5) is 28.9. The molecule has 2 rings (SSSR count). The Bertz CT molecular complexity index is 529. The Kier molecular flexibility index (Phi) is 4.94. The molecule has 1 saturated heterocycles. The van der Waals surface area contributed by atoms with E-state index in [1.54, 1.807) is 4.90 Å². The number of ether oxygens (including phenoxy) is 1. The third-order valence-corrected chi connectivity index (χ3v) is 3.21. The van der Waals surface area contributed by atoms with Crippen LogP contribution in [0, 0.1) is 0 Å². The summed E-state index contributed by atoms with van der Waals surface area (Å²) < 4.78 is 5.20. The monoisotopic (exact) mass is 293 g/mol. The molecule has 0 saturated carbocycles. The highest BCUT2D eigenvalue weighted by molar-refractivity contribution is 5.98. The zero-order valence-corrected chi connectivity index (χ0v) is 11.7. The molecule has 2 heterocycles.